The number of fused-ring (bicyclic) bond motifs is 1. The van der Waals surface area contributed by atoms with Gasteiger partial charge in [0.2, 0.25) is 0 Å². The minimum absolute atomic E-state index is 0.00170. The number of nitrogens with one attached hydrogen (secondary N) is 1. The Balaban J connectivity index is 1.39. The summed E-state index contributed by atoms with van der Waals surface area (Å²) in [5, 5.41) is 5.82. The van der Waals surface area contributed by atoms with Crippen molar-refractivity contribution < 1.29 is 14.4 Å². The summed E-state index contributed by atoms with van der Waals surface area (Å²) in [5.41, 5.74) is 2.35. The molecular weight excluding hydrogens is 408 g/mol. The maximum Gasteiger partial charge on any atom is 0.262 e. The summed E-state index contributed by atoms with van der Waals surface area (Å²) in [7, 11) is 0. The Kier molecular flexibility index (Phi) is 6.16. The zero-order chi connectivity index (χ0) is 21.6. The molecule has 0 aliphatic carbocycles. The van der Waals surface area contributed by atoms with E-state index in [1.807, 2.05) is 42.5 Å². The molecule has 0 spiro atoms. The molecular formula is C25H18N2O3S. The number of rotatable bonds is 5. The highest BCUT2D eigenvalue weighted by molar-refractivity contribution is 8.04. The van der Waals surface area contributed by atoms with Crippen molar-refractivity contribution in [3.63, 3.8) is 0 Å². The molecule has 31 heavy (non-hydrogen) atoms. The topological polar surface area (TPSA) is 66.5 Å². The molecule has 6 heteroatoms. The SMILES string of the molecule is O=C(NCc1ccccc1)c1ccccc1SC#CCN1C(=O)c2ccccc2C1=O. The van der Waals surface area contributed by atoms with Gasteiger partial charge in [0.1, 0.15) is 0 Å². The van der Waals surface area contributed by atoms with Crippen LogP contribution >= 0.6 is 11.8 Å². The van der Waals surface area contributed by atoms with Crippen LogP contribution in [0.3, 0.4) is 0 Å². The van der Waals surface area contributed by atoms with Crippen molar-refractivity contribution in [3.8, 4) is 11.2 Å². The van der Waals surface area contributed by atoms with E-state index in [1.54, 1.807) is 36.4 Å². The van der Waals surface area contributed by atoms with Gasteiger partial charge in [-0.3, -0.25) is 19.3 Å². The second kappa shape index (κ2) is 9.33. The van der Waals surface area contributed by atoms with Crippen LogP contribution in [-0.4, -0.2) is 29.2 Å². The number of carbonyl (C=O) groups is 3. The van der Waals surface area contributed by atoms with Crippen molar-refractivity contribution in [3.05, 3.63) is 101 Å². The van der Waals surface area contributed by atoms with Crippen LogP contribution in [0.2, 0.25) is 0 Å². The summed E-state index contributed by atoms with van der Waals surface area (Å²) >= 11 is 1.20. The van der Waals surface area contributed by atoms with Gasteiger partial charge in [0, 0.05) is 11.4 Å². The zero-order valence-electron chi connectivity index (χ0n) is 16.5. The van der Waals surface area contributed by atoms with Gasteiger partial charge in [0.05, 0.1) is 23.2 Å². The van der Waals surface area contributed by atoms with E-state index in [0.717, 1.165) is 10.5 Å². The highest BCUT2D eigenvalue weighted by atomic mass is 32.2. The fraction of sp³-hybridized carbons (Fsp3) is 0.0800. The van der Waals surface area contributed by atoms with Crippen molar-refractivity contribution in [2.45, 2.75) is 11.4 Å². The molecule has 1 N–H and O–H groups in total. The van der Waals surface area contributed by atoms with Crippen molar-refractivity contribution in [2.24, 2.45) is 0 Å². The largest absolute Gasteiger partial charge is 0.348 e. The fourth-order valence-corrected chi connectivity index (χ4v) is 3.87. The molecule has 3 aromatic rings. The van der Waals surface area contributed by atoms with Gasteiger partial charge >= 0.3 is 0 Å². The Morgan fingerprint density at radius 3 is 2.16 bits per heavy atom. The Morgan fingerprint density at radius 1 is 0.839 bits per heavy atom. The monoisotopic (exact) mass is 426 g/mol. The molecule has 0 saturated carbocycles. The maximum atomic E-state index is 12.6. The highest BCUT2D eigenvalue weighted by Crippen LogP contribution is 2.23. The van der Waals surface area contributed by atoms with E-state index in [4.69, 9.17) is 0 Å². The summed E-state index contributed by atoms with van der Waals surface area (Å²) in [6, 6.07) is 23.6. The first-order valence-electron chi connectivity index (χ1n) is 9.66. The molecule has 0 unspecified atom stereocenters. The normalized spacial score (nSPS) is 12.2. The van der Waals surface area contributed by atoms with E-state index in [-0.39, 0.29) is 24.3 Å². The van der Waals surface area contributed by atoms with Crippen molar-refractivity contribution >= 4 is 29.5 Å². The van der Waals surface area contributed by atoms with E-state index in [1.165, 1.54) is 11.8 Å². The molecule has 0 fully saturated rings. The first-order chi connectivity index (χ1) is 15.1. The third kappa shape index (κ3) is 4.52. The fourth-order valence-electron chi connectivity index (χ4n) is 3.20. The zero-order valence-corrected chi connectivity index (χ0v) is 17.3. The summed E-state index contributed by atoms with van der Waals surface area (Å²) in [5.74, 6) is 2.01. The van der Waals surface area contributed by atoms with Crippen LogP contribution in [0.1, 0.15) is 36.6 Å². The number of hydrogen-bond acceptors (Lipinski definition) is 4. The minimum Gasteiger partial charge on any atom is -0.348 e. The Hall–Kier alpha value is -3.82. The number of hydrogen-bond donors (Lipinski definition) is 1. The van der Waals surface area contributed by atoms with Crippen LogP contribution in [0.4, 0.5) is 0 Å². The first kappa shape index (κ1) is 20.5. The number of amides is 3. The standard InChI is InChI=1S/C25H18N2O3S/c28-23(26-17-18-9-2-1-3-10-18)21-13-6-7-14-22(21)31-16-8-15-27-24(29)19-11-4-5-12-20(19)25(27)30/h1-7,9-14H,15,17H2,(H,26,28). The lowest BCUT2D eigenvalue weighted by Crippen LogP contribution is -2.29. The molecule has 5 nitrogen and oxygen atoms in total. The van der Waals surface area contributed by atoms with Gasteiger partial charge in [-0.15, -0.1) is 0 Å². The lowest BCUT2D eigenvalue weighted by Gasteiger charge is -2.09. The summed E-state index contributed by atoms with van der Waals surface area (Å²) in [6.45, 7) is 0.436. The van der Waals surface area contributed by atoms with Crippen LogP contribution in [-0.2, 0) is 6.54 Å². The predicted molar refractivity (Wildman–Crippen MR) is 119 cm³/mol. The Labute approximate surface area is 184 Å². The van der Waals surface area contributed by atoms with Gasteiger partial charge in [0.15, 0.2) is 0 Å². The molecule has 1 aliphatic heterocycles. The van der Waals surface area contributed by atoms with Crippen molar-refractivity contribution in [1.82, 2.24) is 10.2 Å². The molecule has 0 radical (unpaired) electrons. The maximum absolute atomic E-state index is 12.6. The second-order valence-corrected chi connectivity index (χ2v) is 7.64. The van der Waals surface area contributed by atoms with Crippen LogP contribution < -0.4 is 5.32 Å². The summed E-state index contributed by atoms with van der Waals surface area (Å²) < 4.78 is 0. The molecule has 0 saturated heterocycles. The second-order valence-electron chi connectivity index (χ2n) is 6.79. The van der Waals surface area contributed by atoms with Gasteiger partial charge in [-0.1, -0.05) is 60.5 Å². The van der Waals surface area contributed by atoms with Gasteiger partial charge in [-0.05, 0) is 46.8 Å². The molecule has 0 aromatic heterocycles. The number of imide groups is 1. The van der Waals surface area contributed by atoms with Crippen LogP contribution in [0.5, 0.6) is 0 Å². The lowest BCUT2D eigenvalue weighted by atomic mass is 10.1. The van der Waals surface area contributed by atoms with Crippen LogP contribution in [0.15, 0.2) is 83.8 Å². The van der Waals surface area contributed by atoms with Crippen LogP contribution in [0.25, 0.3) is 0 Å². The van der Waals surface area contributed by atoms with E-state index in [2.05, 4.69) is 16.5 Å². The summed E-state index contributed by atoms with van der Waals surface area (Å²) in [6.07, 6.45) is 0. The van der Waals surface area contributed by atoms with Gasteiger partial charge in [-0.25, -0.2) is 0 Å². The number of nitrogens with zero attached hydrogens (tertiary/aromatic N) is 1. The molecule has 0 bridgehead atoms. The predicted octanol–water partition coefficient (Wildman–Crippen LogP) is 3.97. The smallest absolute Gasteiger partial charge is 0.262 e. The third-order valence-electron chi connectivity index (χ3n) is 4.78. The highest BCUT2D eigenvalue weighted by Gasteiger charge is 2.34. The first-order valence-corrected chi connectivity index (χ1v) is 10.5. The van der Waals surface area contributed by atoms with E-state index < -0.39 is 0 Å². The Morgan fingerprint density at radius 2 is 1.45 bits per heavy atom. The molecule has 3 amide bonds. The average molecular weight is 426 g/mol. The Bertz CT molecular complexity index is 1180. The van der Waals surface area contributed by atoms with E-state index >= 15 is 0 Å². The third-order valence-corrected chi connectivity index (χ3v) is 5.60. The lowest BCUT2D eigenvalue weighted by molar-refractivity contribution is 0.0674. The minimum atomic E-state index is -0.333. The number of benzene rings is 3. The van der Waals surface area contributed by atoms with Crippen LogP contribution in [0, 0.1) is 11.2 Å². The molecule has 1 heterocycles. The van der Waals surface area contributed by atoms with Gasteiger partial charge < -0.3 is 5.32 Å². The molecule has 152 valence electrons. The molecule has 1 aliphatic rings. The van der Waals surface area contributed by atoms with Gasteiger partial charge in [-0.2, -0.15) is 0 Å². The average Bonchev–Trinajstić information content (AvgIpc) is 3.06. The van der Waals surface area contributed by atoms with Gasteiger partial charge in [0.25, 0.3) is 17.7 Å². The van der Waals surface area contributed by atoms with Crippen molar-refractivity contribution in [1.29, 1.82) is 0 Å². The molecule has 4 rings (SSSR count). The quantitative estimate of drug-likeness (QED) is 0.381. The molecule has 3 aromatic carbocycles. The van der Waals surface area contributed by atoms with E-state index in [0.29, 0.717) is 28.1 Å². The number of thioether (sulfide) groups is 1. The van der Waals surface area contributed by atoms with E-state index in [9.17, 15) is 14.4 Å². The molecule has 0 atom stereocenters. The van der Waals surface area contributed by atoms with Crippen molar-refractivity contribution in [2.75, 3.05) is 6.54 Å². The number of carbonyl (C=O) groups excluding carboxylic acids is 3. The summed E-state index contributed by atoms with van der Waals surface area (Å²) in [4.78, 5) is 39.2.